The first-order valence-corrected chi connectivity index (χ1v) is 9.05. The van der Waals surface area contributed by atoms with Crippen molar-refractivity contribution in [2.24, 2.45) is 5.92 Å². The fourth-order valence-corrected chi connectivity index (χ4v) is 3.87. The molecule has 2 N–H and O–H groups in total. The Bertz CT molecular complexity index is 687. The third-order valence-electron chi connectivity index (χ3n) is 5.53. The van der Waals surface area contributed by atoms with Gasteiger partial charge in [0.2, 0.25) is 0 Å². The van der Waals surface area contributed by atoms with Crippen molar-refractivity contribution in [1.29, 1.82) is 0 Å². The second-order valence-electron chi connectivity index (χ2n) is 7.05. The number of methoxy groups -OCH3 is 2. The maximum atomic E-state index is 13.0. The smallest absolute Gasteiger partial charge is 0.325 e. The Morgan fingerprint density at radius 1 is 1.15 bits per heavy atom. The van der Waals surface area contributed by atoms with Crippen LogP contribution in [0, 0.1) is 5.92 Å². The molecule has 0 radical (unpaired) electrons. The van der Waals surface area contributed by atoms with Gasteiger partial charge in [-0.2, -0.15) is 0 Å². The minimum Gasteiger partial charge on any atom is -0.493 e. The molecule has 7 heteroatoms. The third-order valence-corrected chi connectivity index (χ3v) is 5.53. The second-order valence-corrected chi connectivity index (χ2v) is 7.05. The molecule has 0 aliphatic carbocycles. The SMILES string of the molecule is COc1ccc(CCN2C(=O)N[C@](C)(C3CCNCC3)C2=O)cc1OC. The molecule has 2 aliphatic rings. The molecular formula is C19H27N3O4. The van der Waals surface area contributed by atoms with Gasteiger partial charge in [0.25, 0.3) is 5.91 Å². The lowest BCUT2D eigenvalue weighted by atomic mass is 9.79. The van der Waals surface area contributed by atoms with E-state index in [1.165, 1.54) is 4.90 Å². The molecule has 0 spiro atoms. The lowest BCUT2D eigenvalue weighted by molar-refractivity contribution is -0.132. The van der Waals surface area contributed by atoms with Gasteiger partial charge in [0.15, 0.2) is 11.5 Å². The van der Waals surface area contributed by atoms with E-state index < -0.39 is 5.54 Å². The van der Waals surface area contributed by atoms with Crippen LogP contribution in [0.5, 0.6) is 11.5 Å². The van der Waals surface area contributed by atoms with E-state index in [1.807, 2.05) is 25.1 Å². The maximum absolute atomic E-state index is 13.0. The highest BCUT2D eigenvalue weighted by Gasteiger charge is 2.52. The predicted octanol–water partition coefficient (Wildman–Crippen LogP) is 1.56. The van der Waals surface area contributed by atoms with Crippen molar-refractivity contribution in [1.82, 2.24) is 15.5 Å². The van der Waals surface area contributed by atoms with E-state index in [-0.39, 0.29) is 17.9 Å². The summed E-state index contributed by atoms with van der Waals surface area (Å²) in [6.45, 7) is 3.98. The maximum Gasteiger partial charge on any atom is 0.325 e. The van der Waals surface area contributed by atoms with Gasteiger partial charge in [-0.3, -0.25) is 9.69 Å². The highest BCUT2D eigenvalue weighted by atomic mass is 16.5. The number of amides is 3. The minimum atomic E-state index is -0.795. The zero-order valence-electron chi connectivity index (χ0n) is 15.6. The molecule has 1 atom stereocenters. The van der Waals surface area contributed by atoms with Crippen molar-refractivity contribution in [3.8, 4) is 11.5 Å². The molecule has 2 aliphatic heterocycles. The first-order valence-electron chi connectivity index (χ1n) is 9.05. The summed E-state index contributed by atoms with van der Waals surface area (Å²) < 4.78 is 10.6. The van der Waals surface area contributed by atoms with E-state index >= 15 is 0 Å². The summed E-state index contributed by atoms with van der Waals surface area (Å²) in [6, 6.07) is 5.34. The van der Waals surface area contributed by atoms with Crippen LogP contribution >= 0.6 is 0 Å². The van der Waals surface area contributed by atoms with Gasteiger partial charge in [-0.1, -0.05) is 6.07 Å². The van der Waals surface area contributed by atoms with E-state index in [2.05, 4.69) is 10.6 Å². The number of nitrogens with one attached hydrogen (secondary N) is 2. The highest BCUT2D eigenvalue weighted by Crippen LogP contribution is 2.32. The number of carbonyl (C=O) groups excluding carboxylic acids is 2. The van der Waals surface area contributed by atoms with E-state index in [0.29, 0.717) is 24.5 Å². The Kier molecular flexibility index (Phi) is 5.36. The summed E-state index contributed by atoms with van der Waals surface area (Å²) in [6.07, 6.45) is 2.36. The molecule has 3 rings (SSSR count). The van der Waals surface area contributed by atoms with Crippen molar-refractivity contribution < 1.29 is 19.1 Å². The lowest BCUT2D eigenvalue weighted by Gasteiger charge is -2.34. The molecule has 3 amide bonds. The normalized spacial score (nSPS) is 23.9. The number of ether oxygens (including phenoxy) is 2. The van der Waals surface area contributed by atoms with Gasteiger partial charge >= 0.3 is 6.03 Å². The van der Waals surface area contributed by atoms with Crippen molar-refractivity contribution in [2.45, 2.75) is 31.7 Å². The van der Waals surface area contributed by atoms with E-state index in [0.717, 1.165) is 31.5 Å². The second kappa shape index (κ2) is 7.53. The van der Waals surface area contributed by atoms with Crippen LogP contribution in [0.15, 0.2) is 18.2 Å². The van der Waals surface area contributed by atoms with E-state index in [4.69, 9.17) is 9.47 Å². The van der Waals surface area contributed by atoms with E-state index in [9.17, 15) is 9.59 Å². The zero-order valence-corrected chi connectivity index (χ0v) is 15.6. The van der Waals surface area contributed by atoms with Crippen LogP contribution in [0.25, 0.3) is 0 Å². The molecule has 7 nitrogen and oxygen atoms in total. The molecule has 2 saturated heterocycles. The molecule has 2 fully saturated rings. The molecule has 2 heterocycles. The monoisotopic (exact) mass is 361 g/mol. The fraction of sp³-hybridized carbons (Fsp3) is 0.579. The summed E-state index contributed by atoms with van der Waals surface area (Å²) in [5.41, 5.74) is 0.190. The summed E-state index contributed by atoms with van der Waals surface area (Å²) in [4.78, 5) is 26.7. The number of urea groups is 1. The molecule has 1 aromatic rings. The van der Waals surface area contributed by atoms with Gasteiger partial charge < -0.3 is 20.1 Å². The van der Waals surface area contributed by atoms with Crippen molar-refractivity contribution in [3.63, 3.8) is 0 Å². The van der Waals surface area contributed by atoms with Crippen molar-refractivity contribution in [3.05, 3.63) is 23.8 Å². The average Bonchev–Trinajstić information content (AvgIpc) is 2.90. The van der Waals surface area contributed by atoms with Crippen LogP contribution in [0.1, 0.15) is 25.3 Å². The Morgan fingerprint density at radius 2 is 1.85 bits per heavy atom. The first kappa shape index (κ1) is 18.5. The number of imide groups is 1. The number of benzene rings is 1. The number of piperidine rings is 1. The predicted molar refractivity (Wildman–Crippen MR) is 97.5 cm³/mol. The quantitative estimate of drug-likeness (QED) is 0.752. The standard InChI is InChI=1S/C19H27N3O4/c1-19(14-6-9-20-10-7-14)17(23)22(18(24)21-19)11-8-13-4-5-15(25-2)16(12-13)26-3/h4-5,12,14,20H,6-11H2,1-3H3,(H,21,24)/t19-/m1/s1. The Hall–Kier alpha value is -2.28. The number of hydrogen-bond acceptors (Lipinski definition) is 5. The van der Waals surface area contributed by atoms with Crippen LogP contribution < -0.4 is 20.1 Å². The topological polar surface area (TPSA) is 79.9 Å². The van der Waals surface area contributed by atoms with Crippen LogP contribution in [-0.2, 0) is 11.2 Å². The molecule has 0 bridgehead atoms. The van der Waals surface area contributed by atoms with Crippen molar-refractivity contribution >= 4 is 11.9 Å². The third kappa shape index (κ3) is 3.35. The Morgan fingerprint density at radius 3 is 2.50 bits per heavy atom. The van der Waals surface area contributed by atoms with Gasteiger partial charge in [-0.05, 0) is 62.9 Å². The molecule has 0 saturated carbocycles. The Balaban J connectivity index is 1.68. The van der Waals surface area contributed by atoms with Crippen LogP contribution in [0.2, 0.25) is 0 Å². The average molecular weight is 361 g/mol. The first-order chi connectivity index (χ1) is 12.5. The largest absolute Gasteiger partial charge is 0.493 e. The zero-order chi connectivity index (χ0) is 18.7. The molecule has 142 valence electrons. The number of nitrogens with zero attached hydrogens (tertiary/aromatic N) is 1. The number of carbonyl (C=O) groups is 2. The molecule has 1 aromatic carbocycles. The van der Waals surface area contributed by atoms with Crippen molar-refractivity contribution in [2.75, 3.05) is 33.9 Å². The summed E-state index contributed by atoms with van der Waals surface area (Å²) in [5.74, 6) is 1.35. The summed E-state index contributed by atoms with van der Waals surface area (Å²) in [7, 11) is 3.18. The van der Waals surface area contributed by atoms with Gasteiger partial charge in [0.1, 0.15) is 5.54 Å². The van der Waals surface area contributed by atoms with Gasteiger partial charge in [-0.15, -0.1) is 0 Å². The van der Waals surface area contributed by atoms with E-state index in [1.54, 1.807) is 14.2 Å². The van der Waals surface area contributed by atoms with Crippen LogP contribution in [-0.4, -0.2) is 56.2 Å². The highest BCUT2D eigenvalue weighted by molar-refractivity contribution is 6.07. The van der Waals surface area contributed by atoms with Gasteiger partial charge in [0.05, 0.1) is 14.2 Å². The van der Waals surface area contributed by atoms with Gasteiger partial charge in [-0.25, -0.2) is 4.79 Å². The molecule has 0 unspecified atom stereocenters. The molecule has 0 aromatic heterocycles. The van der Waals surface area contributed by atoms with Gasteiger partial charge in [0, 0.05) is 6.54 Å². The van der Waals surface area contributed by atoms with Crippen LogP contribution in [0.4, 0.5) is 4.79 Å². The summed E-state index contributed by atoms with van der Waals surface area (Å²) in [5, 5.41) is 6.24. The Labute approximate surface area is 154 Å². The van der Waals surface area contributed by atoms with Crippen LogP contribution in [0.3, 0.4) is 0 Å². The number of hydrogen-bond donors (Lipinski definition) is 2. The molecular weight excluding hydrogens is 334 g/mol. The minimum absolute atomic E-state index is 0.116. The lowest BCUT2D eigenvalue weighted by Crippen LogP contribution is -2.53. The fourth-order valence-electron chi connectivity index (χ4n) is 3.87. The number of rotatable bonds is 6. The summed E-state index contributed by atoms with van der Waals surface area (Å²) >= 11 is 0. The molecule has 26 heavy (non-hydrogen) atoms.